The molecule has 1 aromatic rings. The molecule has 2 rings (SSSR count). The van der Waals surface area contributed by atoms with Crippen LogP contribution in [0.2, 0.25) is 0 Å². The van der Waals surface area contributed by atoms with Crippen molar-refractivity contribution in [2.24, 2.45) is 0 Å². The highest BCUT2D eigenvalue weighted by molar-refractivity contribution is 5.79. The molecule has 0 aliphatic carbocycles. The lowest BCUT2D eigenvalue weighted by Gasteiger charge is -2.24. The lowest BCUT2D eigenvalue weighted by atomic mass is 10.1. The number of rotatable bonds is 7. The number of nitrogens with one attached hydrogen (secondary N) is 2. The van der Waals surface area contributed by atoms with E-state index in [9.17, 15) is 9.59 Å². The van der Waals surface area contributed by atoms with E-state index in [0.29, 0.717) is 18.8 Å². The zero-order chi connectivity index (χ0) is 19.3. The molecule has 0 aromatic heterocycles. The van der Waals surface area contributed by atoms with Crippen molar-refractivity contribution in [3.8, 4) is 11.5 Å². The summed E-state index contributed by atoms with van der Waals surface area (Å²) in [6, 6.07) is 5.71. The molecule has 2 N–H and O–H groups in total. The number of hydrogen-bond donors (Lipinski definition) is 2. The molecule has 26 heavy (non-hydrogen) atoms. The molecule has 0 bridgehead atoms. The maximum atomic E-state index is 12.6. The van der Waals surface area contributed by atoms with Crippen molar-refractivity contribution in [1.82, 2.24) is 10.2 Å². The van der Waals surface area contributed by atoms with Gasteiger partial charge in [0.25, 0.3) is 11.8 Å². The summed E-state index contributed by atoms with van der Waals surface area (Å²) in [5, 5.41) is 2.92. The second-order valence-electron chi connectivity index (χ2n) is 7.70. The molecule has 7 heteroatoms. The average Bonchev–Trinajstić information content (AvgIpc) is 2.97. The highest BCUT2D eigenvalue weighted by Crippen LogP contribution is 2.32. The van der Waals surface area contributed by atoms with Gasteiger partial charge in [0, 0.05) is 18.6 Å². The zero-order valence-electron chi connectivity index (χ0n) is 16.3. The Bertz CT molecular complexity index is 655. The van der Waals surface area contributed by atoms with Crippen LogP contribution < -0.4 is 19.7 Å². The molecule has 1 unspecified atom stereocenters. The number of carbonyl (C=O) groups excluding carboxylic acids is 2. The molecule has 1 aromatic carbocycles. The highest BCUT2D eigenvalue weighted by Gasteiger charge is 2.22. The summed E-state index contributed by atoms with van der Waals surface area (Å²) in [5.74, 6) is 1.41. The Kier molecular flexibility index (Phi) is 6.47. The number of amides is 2. The fourth-order valence-corrected chi connectivity index (χ4v) is 2.81. The molecule has 1 aliphatic rings. The molecule has 1 aliphatic heterocycles. The smallest absolute Gasteiger partial charge is 0.278 e. The van der Waals surface area contributed by atoms with Gasteiger partial charge in [-0.05, 0) is 45.4 Å². The monoisotopic (exact) mass is 364 g/mol. The van der Waals surface area contributed by atoms with Crippen molar-refractivity contribution in [2.45, 2.75) is 39.8 Å². The van der Waals surface area contributed by atoms with Crippen LogP contribution >= 0.6 is 0 Å². The average molecular weight is 364 g/mol. The summed E-state index contributed by atoms with van der Waals surface area (Å²) in [6.07, 6.45) is 0. The van der Waals surface area contributed by atoms with Crippen LogP contribution in [-0.4, -0.2) is 55.7 Å². The summed E-state index contributed by atoms with van der Waals surface area (Å²) < 4.78 is 10.7. The van der Waals surface area contributed by atoms with E-state index in [1.807, 2.05) is 52.9 Å². The van der Waals surface area contributed by atoms with E-state index in [1.54, 1.807) is 4.90 Å². The van der Waals surface area contributed by atoms with Crippen LogP contribution in [0, 0.1) is 0 Å². The molecule has 0 saturated heterocycles. The molecule has 1 heterocycles. The maximum absolute atomic E-state index is 12.6. The summed E-state index contributed by atoms with van der Waals surface area (Å²) in [5.41, 5.74) is 0.725. The molecule has 1 atom stereocenters. The van der Waals surface area contributed by atoms with Gasteiger partial charge in [-0.1, -0.05) is 6.07 Å². The number of ether oxygens (including phenoxy) is 2. The third-order valence-electron chi connectivity index (χ3n) is 3.97. The van der Waals surface area contributed by atoms with Gasteiger partial charge in [0.1, 0.15) is 0 Å². The van der Waals surface area contributed by atoms with Crippen LogP contribution in [0.5, 0.6) is 11.5 Å². The number of benzene rings is 1. The van der Waals surface area contributed by atoms with Crippen molar-refractivity contribution < 1.29 is 24.0 Å². The number of carbonyl (C=O) groups is 2. The van der Waals surface area contributed by atoms with Gasteiger partial charge in [-0.25, -0.2) is 0 Å². The third-order valence-corrected chi connectivity index (χ3v) is 3.97. The predicted octanol–water partition coefficient (Wildman–Crippen LogP) is 0.193. The van der Waals surface area contributed by atoms with E-state index >= 15 is 0 Å². The number of nitrogens with zero attached hydrogens (tertiary/aromatic N) is 1. The Morgan fingerprint density at radius 2 is 1.88 bits per heavy atom. The van der Waals surface area contributed by atoms with Gasteiger partial charge in [0.05, 0.1) is 7.05 Å². The molecule has 7 nitrogen and oxygen atoms in total. The van der Waals surface area contributed by atoms with Crippen molar-refractivity contribution in [3.63, 3.8) is 0 Å². The normalized spacial score (nSPS) is 14.0. The van der Waals surface area contributed by atoms with Gasteiger partial charge >= 0.3 is 0 Å². The Morgan fingerprint density at radius 1 is 1.19 bits per heavy atom. The van der Waals surface area contributed by atoms with Crippen LogP contribution in [-0.2, 0) is 16.1 Å². The minimum atomic E-state index is -0.268. The van der Waals surface area contributed by atoms with Crippen LogP contribution in [0.15, 0.2) is 18.2 Å². The van der Waals surface area contributed by atoms with Crippen LogP contribution in [0.3, 0.4) is 0 Å². The molecular formula is C19H30N3O4+. The number of quaternary nitrogens is 1. The minimum Gasteiger partial charge on any atom is -0.454 e. The largest absolute Gasteiger partial charge is 0.454 e. The number of likely N-dealkylation sites (N-methyl/N-ethyl adjacent to an activating group) is 2. The predicted molar refractivity (Wildman–Crippen MR) is 98.2 cm³/mol. The van der Waals surface area contributed by atoms with Crippen LogP contribution in [0.1, 0.15) is 33.3 Å². The first-order valence-corrected chi connectivity index (χ1v) is 8.96. The Labute approximate surface area is 155 Å². The molecule has 2 amide bonds. The van der Waals surface area contributed by atoms with Gasteiger partial charge in [-0.2, -0.15) is 0 Å². The van der Waals surface area contributed by atoms with Crippen molar-refractivity contribution >= 4 is 11.8 Å². The van der Waals surface area contributed by atoms with Gasteiger partial charge in [-0.15, -0.1) is 0 Å². The second kappa shape index (κ2) is 8.40. The van der Waals surface area contributed by atoms with E-state index in [0.717, 1.165) is 16.2 Å². The first-order valence-electron chi connectivity index (χ1n) is 8.96. The third kappa shape index (κ3) is 5.91. The van der Waals surface area contributed by atoms with E-state index < -0.39 is 0 Å². The molecule has 144 valence electrons. The zero-order valence-corrected chi connectivity index (χ0v) is 16.3. The van der Waals surface area contributed by atoms with E-state index in [-0.39, 0.29) is 37.2 Å². The van der Waals surface area contributed by atoms with Crippen LogP contribution in [0.4, 0.5) is 0 Å². The quantitative estimate of drug-likeness (QED) is 0.725. The summed E-state index contributed by atoms with van der Waals surface area (Å²) in [6.45, 7) is 9.66. The second-order valence-corrected chi connectivity index (χ2v) is 7.70. The summed E-state index contributed by atoms with van der Waals surface area (Å²) in [7, 11) is 1.86. The Balaban J connectivity index is 1.88. The maximum Gasteiger partial charge on any atom is 0.278 e. The standard InChI is InChI=1S/C19H29N3O4/c1-6-22(10-14-7-8-15-16(9-14)26-13-25-15)18(24)12-21(5)11-17(23)20-19(2,3)4/h7-9H,6,10-13H2,1-5H3,(H,20,23)/p+1. The van der Waals surface area contributed by atoms with Crippen LogP contribution in [0.25, 0.3) is 0 Å². The summed E-state index contributed by atoms with van der Waals surface area (Å²) in [4.78, 5) is 27.3. The summed E-state index contributed by atoms with van der Waals surface area (Å²) >= 11 is 0. The molecule has 0 radical (unpaired) electrons. The fourth-order valence-electron chi connectivity index (χ4n) is 2.81. The van der Waals surface area contributed by atoms with Crippen molar-refractivity contribution in [3.05, 3.63) is 23.8 Å². The lowest BCUT2D eigenvalue weighted by Crippen LogP contribution is -3.11. The Morgan fingerprint density at radius 3 is 2.54 bits per heavy atom. The van der Waals surface area contributed by atoms with E-state index in [4.69, 9.17) is 9.47 Å². The first-order chi connectivity index (χ1) is 12.2. The van der Waals surface area contributed by atoms with Gasteiger partial charge < -0.3 is 24.6 Å². The molecular weight excluding hydrogens is 334 g/mol. The molecule has 0 spiro atoms. The van der Waals surface area contributed by atoms with Gasteiger partial charge in [0.2, 0.25) is 6.79 Å². The van der Waals surface area contributed by atoms with Crippen molar-refractivity contribution in [1.29, 1.82) is 0 Å². The number of hydrogen-bond acceptors (Lipinski definition) is 4. The first kappa shape index (κ1) is 20.0. The fraction of sp³-hybridized carbons (Fsp3) is 0.579. The van der Waals surface area contributed by atoms with Gasteiger partial charge in [0.15, 0.2) is 24.6 Å². The molecule has 0 fully saturated rings. The minimum absolute atomic E-state index is 0.0197. The van der Waals surface area contributed by atoms with E-state index in [1.165, 1.54) is 0 Å². The number of fused-ring (bicyclic) bond motifs is 1. The van der Waals surface area contributed by atoms with Gasteiger partial charge in [-0.3, -0.25) is 9.59 Å². The SMILES string of the molecule is CCN(Cc1ccc2c(c1)OCO2)C(=O)C[NH+](C)CC(=O)NC(C)(C)C. The highest BCUT2D eigenvalue weighted by atomic mass is 16.7. The molecule has 0 saturated carbocycles. The Hall–Kier alpha value is -2.28. The lowest BCUT2D eigenvalue weighted by molar-refractivity contribution is -0.863. The van der Waals surface area contributed by atoms with E-state index in [2.05, 4.69) is 5.32 Å². The van der Waals surface area contributed by atoms with Crippen molar-refractivity contribution in [2.75, 3.05) is 33.5 Å². The topological polar surface area (TPSA) is 72.3 Å².